The molecule has 3 N–H and O–H groups in total. The minimum Gasteiger partial charge on any atom is -0.370 e. The van der Waals surface area contributed by atoms with Crippen molar-refractivity contribution in [3.05, 3.63) is 65.2 Å². The number of nitrogens with zero attached hydrogens (tertiary/aromatic N) is 2. The molecule has 0 radical (unpaired) electrons. The van der Waals surface area contributed by atoms with Crippen molar-refractivity contribution in [3.8, 4) is 0 Å². The molecule has 0 aliphatic carbocycles. The van der Waals surface area contributed by atoms with E-state index in [1.54, 1.807) is 0 Å². The smallest absolute Gasteiger partial charge is 0.253 e. The predicted molar refractivity (Wildman–Crippen MR) is 136 cm³/mol. The van der Waals surface area contributed by atoms with Gasteiger partial charge < -0.3 is 16.0 Å². The molecule has 30 heavy (non-hydrogen) atoms. The number of anilines is 1. The number of halogens is 1. The Morgan fingerprint density at radius 1 is 1.07 bits per heavy atom. The van der Waals surface area contributed by atoms with Gasteiger partial charge in [-0.05, 0) is 67.0 Å². The Morgan fingerprint density at radius 3 is 2.30 bits per heavy atom. The van der Waals surface area contributed by atoms with Crippen molar-refractivity contribution in [1.82, 2.24) is 4.90 Å². The van der Waals surface area contributed by atoms with Crippen molar-refractivity contribution in [1.29, 1.82) is 0 Å². The predicted octanol–water partition coefficient (Wildman–Crippen LogP) is 5.37. The number of hydrogen-bond donors (Lipinski definition) is 2. The fourth-order valence-electron chi connectivity index (χ4n) is 3.53. The number of nitrogens with two attached hydrogens (primary N) is 1. The molecule has 6 heteroatoms. The molecule has 2 aromatic rings. The van der Waals surface area contributed by atoms with Gasteiger partial charge in [0.2, 0.25) is 0 Å². The summed E-state index contributed by atoms with van der Waals surface area (Å²) in [5.74, 6) is 1.07. The van der Waals surface area contributed by atoms with Crippen LogP contribution in [0, 0.1) is 0 Å². The van der Waals surface area contributed by atoms with E-state index in [0.29, 0.717) is 18.4 Å². The maximum absolute atomic E-state index is 12.5. The van der Waals surface area contributed by atoms with Gasteiger partial charge in [0.25, 0.3) is 5.91 Å². The van der Waals surface area contributed by atoms with Gasteiger partial charge in [0.05, 0.1) is 6.54 Å². The molecule has 0 saturated carbocycles. The van der Waals surface area contributed by atoms with Gasteiger partial charge in [-0.3, -0.25) is 4.79 Å². The van der Waals surface area contributed by atoms with E-state index in [-0.39, 0.29) is 29.9 Å². The van der Waals surface area contributed by atoms with Crippen LogP contribution < -0.4 is 11.1 Å². The highest BCUT2D eigenvalue weighted by Gasteiger charge is 2.17. The summed E-state index contributed by atoms with van der Waals surface area (Å²) in [4.78, 5) is 18.9. The quantitative estimate of drug-likeness (QED) is 0.306. The van der Waals surface area contributed by atoms with Crippen LogP contribution in [0.15, 0.2) is 53.5 Å². The lowest BCUT2D eigenvalue weighted by atomic mass is 9.99. The molecular formula is C24H33IN4O. The van der Waals surface area contributed by atoms with E-state index in [2.05, 4.69) is 36.3 Å². The van der Waals surface area contributed by atoms with E-state index in [9.17, 15) is 4.79 Å². The second kappa shape index (κ2) is 11.9. The first-order chi connectivity index (χ1) is 14.1. The Kier molecular flexibility index (Phi) is 9.62. The van der Waals surface area contributed by atoms with Crippen molar-refractivity contribution >= 4 is 41.5 Å². The zero-order chi connectivity index (χ0) is 20.6. The number of likely N-dealkylation sites (tertiary alicyclic amines) is 1. The van der Waals surface area contributed by atoms with Crippen LogP contribution in [-0.4, -0.2) is 29.9 Å². The van der Waals surface area contributed by atoms with E-state index in [1.807, 2.05) is 41.3 Å². The highest BCUT2D eigenvalue weighted by Crippen LogP contribution is 2.20. The van der Waals surface area contributed by atoms with E-state index in [0.717, 1.165) is 49.2 Å². The van der Waals surface area contributed by atoms with Gasteiger partial charge >= 0.3 is 0 Å². The van der Waals surface area contributed by atoms with Crippen LogP contribution in [0.4, 0.5) is 5.69 Å². The number of rotatable bonds is 6. The Labute approximate surface area is 197 Å². The normalized spacial score (nSPS) is 15.3. The topological polar surface area (TPSA) is 70.7 Å². The summed E-state index contributed by atoms with van der Waals surface area (Å²) in [6, 6.07) is 16.0. The molecule has 1 unspecified atom stereocenters. The van der Waals surface area contributed by atoms with Crippen LogP contribution in [0.1, 0.15) is 66.9 Å². The molecule has 2 aromatic carbocycles. The van der Waals surface area contributed by atoms with Crippen molar-refractivity contribution in [3.63, 3.8) is 0 Å². The third-order valence-electron chi connectivity index (χ3n) is 5.64. The van der Waals surface area contributed by atoms with Gasteiger partial charge in [-0.25, -0.2) is 4.99 Å². The van der Waals surface area contributed by atoms with Crippen molar-refractivity contribution in [2.24, 2.45) is 10.7 Å². The van der Waals surface area contributed by atoms with Crippen LogP contribution >= 0.6 is 24.0 Å². The summed E-state index contributed by atoms with van der Waals surface area (Å²) in [5.41, 5.74) is 10.1. The van der Waals surface area contributed by atoms with Crippen molar-refractivity contribution < 1.29 is 4.79 Å². The van der Waals surface area contributed by atoms with E-state index < -0.39 is 0 Å². The summed E-state index contributed by atoms with van der Waals surface area (Å²) >= 11 is 0. The number of carbonyl (C=O) groups excluding carboxylic acids is 1. The fourth-order valence-corrected chi connectivity index (χ4v) is 3.53. The highest BCUT2D eigenvalue weighted by molar-refractivity contribution is 14.0. The molecule has 3 rings (SSSR count). The number of aliphatic imine (C=N–C) groups is 1. The van der Waals surface area contributed by atoms with Gasteiger partial charge in [0, 0.05) is 24.3 Å². The summed E-state index contributed by atoms with van der Waals surface area (Å²) in [6.07, 6.45) is 4.55. The van der Waals surface area contributed by atoms with Gasteiger partial charge in [0.1, 0.15) is 0 Å². The van der Waals surface area contributed by atoms with Gasteiger partial charge in [0.15, 0.2) is 5.96 Å². The molecule has 1 atom stereocenters. The standard InChI is InChI=1S/C24H32N4O.HI/c1-3-18(2)20-11-13-22(14-12-20)27-24(25)26-17-19-7-9-21(10-8-19)23(29)28-15-5-4-6-16-28;/h7-14,18H,3-6,15-17H2,1-2H3,(H3,25,26,27);1H. The maximum Gasteiger partial charge on any atom is 0.253 e. The van der Waals surface area contributed by atoms with E-state index >= 15 is 0 Å². The van der Waals surface area contributed by atoms with Gasteiger partial charge in [-0.15, -0.1) is 24.0 Å². The zero-order valence-electron chi connectivity index (χ0n) is 17.9. The Balaban J connectivity index is 0.00000320. The van der Waals surface area contributed by atoms with E-state index in [4.69, 9.17) is 5.73 Å². The second-order valence-corrected chi connectivity index (χ2v) is 7.81. The van der Waals surface area contributed by atoms with Crippen LogP contribution in [0.25, 0.3) is 0 Å². The number of piperidine rings is 1. The lowest BCUT2D eigenvalue weighted by molar-refractivity contribution is 0.0724. The molecule has 1 heterocycles. The first-order valence-corrected chi connectivity index (χ1v) is 10.6. The highest BCUT2D eigenvalue weighted by atomic mass is 127. The van der Waals surface area contributed by atoms with Crippen LogP contribution in [0.5, 0.6) is 0 Å². The largest absolute Gasteiger partial charge is 0.370 e. The van der Waals surface area contributed by atoms with Crippen molar-refractivity contribution in [2.45, 2.75) is 52.0 Å². The second-order valence-electron chi connectivity index (χ2n) is 7.81. The molecule has 0 aromatic heterocycles. The minimum absolute atomic E-state index is 0. The van der Waals surface area contributed by atoms with Gasteiger partial charge in [-0.2, -0.15) is 0 Å². The maximum atomic E-state index is 12.5. The van der Waals surface area contributed by atoms with Crippen molar-refractivity contribution in [2.75, 3.05) is 18.4 Å². The first-order valence-electron chi connectivity index (χ1n) is 10.6. The molecule has 0 bridgehead atoms. The summed E-state index contributed by atoms with van der Waals surface area (Å²) < 4.78 is 0. The Morgan fingerprint density at radius 2 is 1.70 bits per heavy atom. The average Bonchev–Trinajstić information content (AvgIpc) is 2.78. The molecule has 1 amide bonds. The first kappa shape index (κ1) is 24.2. The number of guanidine groups is 1. The summed E-state index contributed by atoms with van der Waals surface area (Å²) in [6.45, 7) is 6.63. The van der Waals surface area contributed by atoms with Crippen LogP contribution in [0.2, 0.25) is 0 Å². The van der Waals surface area contributed by atoms with Gasteiger partial charge in [-0.1, -0.05) is 38.1 Å². The number of hydrogen-bond acceptors (Lipinski definition) is 2. The third-order valence-corrected chi connectivity index (χ3v) is 5.64. The molecule has 1 aliphatic heterocycles. The molecular weight excluding hydrogens is 487 g/mol. The monoisotopic (exact) mass is 520 g/mol. The minimum atomic E-state index is 0. The SMILES string of the molecule is CCC(C)c1ccc(NC(N)=NCc2ccc(C(=O)N3CCCCC3)cc2)cc1.I. The number of nitrogens with one attached hydrogen (secondary N) is 1. The third kappa shape index (κ3) is 6.72. The molecule has 1 saturated heterocycles. The molecule has 5 nitrogen and oxygen atoms in total. The van der Waals surface area contributed by atoms with Crippen LogP contribution in [0.3, 0.4) is 0 Å². The molecule has 1 fully saturated rings. The van der Waals surface area contributed by atoms with E-state index in [1.165, 1.54) is 12.0 Å². The average molecular weight is 520 g/mol. The summed E-state index contributed by atoms with van der Waals surface area (Å²) in [5, 5.41) is 3.14. The summed E-state index contributed by atoms with van der Waals surface area (Å²) in [7, 11) is 0. The molecule has 0 spiro atoms. The molecule has 1 aliphatic rings. The Bertz CT molecular complexity index is 827. The lowest BCUT2D eigenvalue weighted by Gasteiger charge is -2.26. The molecule has 162 valence electrons. The number of carbonyl (C=O) groups is 1. The number of benzene rings is 2. The zero-order valence-corrected chi connectivity index (χ0v) is 20.3. The van der Waals surface area contributed by atoms with Crippen LogP contribution in [-0.2, 0) is 6.54 Å². The lowest BCUT2D eigenvalue weighted by Crippen LogP contribution is -2.35. The number of amides is 1. The Hall–Kier alpha value is -2.09. The fraction of sp³-hybridized carbons (Fsp3) is 0.417.